The molecule has 0 aromatic heterocycles. The molecule has 0 fully saturated rings. The van der Waals surface area contributed by atoms with Crippen LogP contribution in [0.5, 0.6) is 0 Å². The van der Waals surface area contributed by atoms with Crippen LogP contribution in [0.25, 0.3) is 0 Å². The minimum Gasteiger partial charge on any atom is -0.478 e. The number of hydrogen-bond acceptors (Lipinski definition) is 3. The van der Waals surface area contributed by atoms with Crippen molar-refractivity contribution in [3.63, 3.8) is 0 Å². The zero-order valence-electron chi connectivity index (χ0n) is 10.5. The van der Waals surface area contributed by atoms with Crippen LogP contribution in [-0.4, -0.2) is 11.1 Å². The van der Waals surface area contributed by atoms with E-state index in [4.69, 9.17) is 5.11 Å². The fourth-order valence-corrected chi connectivity index (χ4v) is 1.50. The van der Waals surface area contributed by atoms with Crippen LogP contribution in [0.4, 0.5) is 24.5 Å². The summed E-state index contributed by atoms with van der Waals surface area (Å²) in [5.74, 6) is -1.05. The van der Waals surface area contributed by atoms with Gasteiger partial charge in [-0.2, -0.15) is 23.4 Å². The number of carboxylic acid groups (broad SMARTS) is 1. The van der Waals surface area contributed by atoms with Crippen molar-refractivity contribution in [2.45, 2.75) is 6.18 Å². The fraction of sp³-hybridized carbons (Fsp3) is 0.0714. The summed E-state index contributed by atoms with van der Waals surface area (Å²) in [6.45, 7) is 0. The molecule has 0 saturated heterocycles. The predicted molar refractivity (Wildman–Crippen MR) is 69.0 cm³/mol. The van der Waals surface area contributed by atoms with Crippen LogP contribution in [0.15, 0.2) is 58.8 Å². The van der Waals surface area contributed by atoms with Gasteiger partial charge in [0.05, 0.1) is 22.5 Å². The lowest BCUT2D eigenvalue weighted by atomic mass is 10.2. The van der Waals surface area contributed by atoms with E-state index in [-0.39, 0.29) is 11.3 Å². The van der Waals surface area contributed by atoms with Gasteiger partial charge in [0.2, 0.25) is 0 Å². The van der Waals surface area contributed by atoms with Gasteiger partial charge in [0.1, 0.15) is 0 Å². The van der Waals surface area contributed by atoms with Crippen LogP contribution in [-0.2, 0) is 6.18 Å². The van der Waals surface area contributed by atoms with Gasteiger partial charge >= 0.3 is 12.1 Å². The molecule has 2 rings (SSSR count). The molecule has 2 aromatic carbocycles. The Bertz CT molecular complexity index is 662. The van der Waals surface area contributed by atoms with E-state index < -0.39 is 17.7 Å². The highest BCUT2D eigenvalue weighted by molar-refractivity contribution is 5.87. The molecule has 1 N–H and O–H groups in total. The van der Waals surface area contributed by atoms with Crippen LogP contribution < -0.4 is 0 Å². The van der Waals surface area contributed by atoms with E-state index in [2.05, 4.69) is 10.2 Å². The standard InChI is InChI=1S/C14H9F3N2O2/c15-14(16,17)10-3-7-12(8-4-10)19-18-11-5-1-9(2-6-11)13(20)21/h1-8H,(H,20,21). The lowest BCUT2D eigenvalue weighted by molar-refractivity contribution is -0.137. The topological polar surface area (TPSA) is 62.0 Å². The van der Waals surface area contributed by atoms with E-state index in [1.54, 1.807) is 0 Å². The summed E-state index contributed by atoms with van der Waals surface area (Å²) in [6, 6.07) is 9.89. The van der Waals surface area contributed by atoms with Crippen LogP contribution >= 0.6 is 0 Å². The van der Waals surface area contributed by atoms with Crippen LogP contribution in [0, 0.1) is 0 Å². The first kappa shape index (κ1) is 14.7. The van der Waals surface area contributed by atoms with E-state index in [0.717, 1.165) is 12.1 Å². The normalized spacial score (nSPS) is 11.8. The zero-order valence-corrected chi connectivity index (χ0v) is 10.5. The fourth-order valence-electron chi connectivity index (χ4n) is 1.50. The van der Waals surface area contributed by atoms with Crippen molar-refractivity contribution >= 4 is 17.3 Å². The van der Waals surface area contributed by atoms with Crippen molar-refractivity contribution < 1.29 is 23.1 Å². The Morgan fingerprint density at radius 3 is 1.67 bits per heavy atom. The molecule has 7 heteroatoms. The average Bonchev–Trinajstić information content (AvgIpc) is 2.45. The van der Waals surface area contributed by atoms with E-state index in [0.29, 0.717) is 5.69 Å². The maximum Gasteiger partial charge on any atom is 0.416 e. The molecule has 4 nitrogen and oxygen atoms in total. The van der Waals surface area contributed by atoms with E-state index in [1.165, 1.54) is 36.4 Å². The largest absolute Gasteiger partial charge is 0.478 e. The summed E-state index contributed by atoms with van der Waals surface area (Å²) >= 11 is 0. The first-order valence-corrected chi connectivity index (χ1v) is 5.78. The number of alkyl halides is 3. The van der Waals surface area contributed by atoms with Gasteiger partial charge in [-0.3, -0.25) is 0 Å². The number of nitrogens with zero attached hydrogens (tertiary/aromatic N) is 2. The smallest absolute Gasteiger partial charge is 0.416 e. The highest BCUT2D eigenvalue weighted by Gasteiger charge is 2.29. The van der Waals surface area contributed by atoms with Gasteiger partial charge in [-0.25, -0.2) is 4.79 Å². The van der Waals surface area contributed by atoms with Crippen molar-refractivity contribution in [2.24, 2.45) is 10.2 Å². The molecule has 0 unspecified atom stereocenters. The number of rotatable bonds is 3. The average molecular weight is 294 g/mol. The van der Waals surface area contributed by atoms with Crippen molar-refractivity contribution in [1.82, 2.24) is 0 Å². The molecule has 21 heavy (non-hydrogen) atoms. The Morgan fingerprint density at radius 2 is 1.29 bits per heavy atom. The molecule has 0 aliphatic carbocycles. The molecule has 0 aliphatic heterocycles. The Kier molecular flexibility index (Phi) is 4.02. The van der Waals surface area contributed by atoms with Crippen molar-refractivity contribution in [3.05, 3.63) is 59.7 Å². The molecule has 0 atom stereocenters. The second kappa shape index (κ2) is 5.74. The number of aromatic carboxylic acids is 1. The van der Waals surface area contributed by atoms with Gasteiger partial charge in [-0.1, -0.05) is 0 Å². The maximum atomic E-state index is 12.4. The number of hydrogen-bond donors (Lipinski definition) is 1. The van der Waals surface area contributed by atoms with Gasteiger partial charge in [-0.15, -0.1) is 0 Å². The van der Waals surface area contributed by atoms with Gasteiger partial charge in [0.15, 0.2) is 0 Å². The van der Waals surface area contributed by atoms with Gasteiger partial charge in [-0.05, 0) is 48.5 Å². The lowest BCUT2D eigenvalue weighted by Gasteiger charge is -2.05. The van der Waals surface area contributed by atoms with E-state index in [9.17, 15) is 18.0 Å². The summed E-state index contributed by atoms with van der Waals surface area (Å²) in [5, 5.41) is 16.3. The van der Waals surface area contributed by atoms with Gasteiger partial charge in [0.25, 0.3) is 0 Å². The first-order chi connectivity index (χ1) is 9.86. The molecule has 0 aliphatic rings. The second-order valence-corrected chi connectivity index (χ2v) is 4.10. The maximum absolute atomic E-state index is 12.4. The van der Waals surface area contributed by atoms with Gasteiger partial charge in [0, 0.05) is 0 Å². The minimum absolute atomic E-state index is 0.114. The number of benzene rings is 2. The summed E-state index contributed by atoms with van der Waals surface area (Å²) in [5.41, 5.74) is 0.0287. The quantitative estimate of drug-likeness (QED) is 0.825. The van der Waals surface area contributed by atoms with Gasteiger partial charge < -0.3 is 5.11 Å². The van der Waals surface area contributed by atoms with E-state index in [1.807, 2.05) is 0 Å². The molecule has 0 spiro atoms. The van der Waals surface area contributed by atoms with Crippen molar-refractivity contribution in [2.75, 3.05) is 0 Å². The lowest BCUT2D eigenvalue weighted by Crippen LogP contribution is -2.03. The molecular formula is C14H9F3N2O2. The SMILES string of the molecule is O=C(O)c1ccc(N=Nc2ccc(C(F)(F)F)cc2)cc1. The third kappa shape index (κ3) is 3.88. The Morgan fingerprint density at radius 1 is 0.857 bits per heavy atom. The van der Waals surface area contributed by atoms with Crippen LogP contribution in [0.2, 0.25) is 0 Å². The third-order valence-corrected chi connectivity index (χ3v) is 2.59. The molecule has 0 saturated carbocycles. The summed E-state index contributed by atoms with van der Waals surface area (Å²) in [4.78, 5) is 10.7. The molecular weight excluding hydrogens is 285 g/mol. The molecule has 0 heterocycles. The van der Waals surface area contributed by atoms with Crippen LogP contribution in [0.3, 0.4) is 0 Å². The minimum atomic E-state index is -4.39. The number of carbonyl (C=O) groups is 1. The van der Waals surface area contributed by atoms with E-state index >= 15 is 0 Å². The third-order valence-electron chi connectivity index (χ3n) is 2.59. The monoisotopic (exact) mass is 294 g/mol. The second-order valence-electron chi connectivity index (χ2n) is 4.10. The zero-order chi connectivity index (χ0) is 15.5. The highest BCUT2D eigenvalue weighted by Crippen LogP contribution is 2.30. The molecule has 0 amide bonds. The van der Waals surface area contributed by atoms with Crippen molar-refractivity contribution in [1.29, 1.82) is 0 Å². The predicted octanol–water partition coefficient (Wildman–Crippen LogP) is 4.82. The number of carboxylic acids is 1. The molecule has 108 valence electrons. The Balaban J connectivity index is 2.12. The Labute approximate surface area is 117 Å². The number of halogens is 3. The number of azo groups is 1. The van der Waals surface area contributed by atoms with Crippen LogP contribution in [0.1, 0.15) is 15.9 Å². The van der Waals surface area contributed by atoms with Crippen molar-refractivity contribution in [3.8, 4) is 0 Å². The Hall–Kier alpha value is -2.70. The summed E-state index contributed by atoms with van der Waals surface area (Å²) in [7, 11) is 0. The summed E-state index contributed by atoms with van der Waals surface area (Å²) in [6.07, 6.45) is -4.39. The first-order valence-electron chi connectivity index (χ1n) is 5.78. The molecule has 0 bridgehead atoms. The summed E-state index contributed by atoms with van der Waals surface area (Å²) < 4.78 is 37.1. The highest BCUT2D eigenvalue weighted by atomic mass is 19.4. The molecule has 2 aromatic rings. The molecule has 0 radical (unpaired) electrons.